The van der Waals surface area contributed by atoms with Gasteiger partial charge < -0.3 is 22.2 Å². The van der Waals surface area contributed by atoms with Gasteiger partial charge in [-0.05, 0) is 74.4 Å². The summed E-state index contributed by atoms with van der Waals surface area (Å²) < 4.78 is 0. The van der Waals surface area contributed by atoms with Crippen LogP contribution in [0.2, 0.25) is 0 Å². The summed E-state index contributed by atoms with van der Waals surface area (Å²) >= 11 is 0. The SMILES string of the molecule is CC/C(C)=C\C(N)=Nc1ccc(N)c(C=N)c1.Cc1cccc(NC(=O)c2cccnc2)c1. The summed E-state index contributed by atoms with van der Waals surface area (Å²) in [6.07, 6.45) is 7.19. The van der Waals surface area contributed by atoms with E-state index in [1.165, 1.54) is 11.8 Å². The number of allylic oxidation sites excluding steroid dienone is 1. The predicted molar refractivity (Wildman–Crippen MR) is 137 cm³/mol. The van der Waals surface area contributed by atoms with Crippen molar-refractivity contribution in [3.63, 3.8) is 0 Å². The molecule has 33 heavy (non-hydrogen) atoms. The van der Waals surface area contributed by atoms with Crippen LogP contribution in [0.4, 0.5) is 17.1 Å². The average molecular weight is 443 g/mol. The first-order valence-electron chi connectivity index (χ1n) is 10.5. The molecule has 1 heterocycles. The molecule has 0 radical (unpaired) electrons. The molecule has 0 aliphatic carbocycles. The minimum atomic E-state index is -0.140. The van der Waals surface area contributed by atoms with Crippen LogP contribution in [0.5, 0.6) is 0 Å². The van der Waals surface area contributed by atoms with E-state index in [2.05, 4.69) is 22.2 Å². The van der Waals surface area contributed by atoms with Crippen molar-refractivity contribution in [2.45, 2.75) is 27.2 Å². The molecule has 0 saturated carbocycles. The largest absolute Gasteiger partial charge is 0.398 e. The number of amides is 1. The molecule has 0 bridgehead atoms. The van der Waals surface area contributed by atoms with Gasteiger partial charge in [0.15, 0.2) is 0 Å². The Morgan fingerprint density at radius 3 is 2.61 bits per heavy atom. The Morgan fingerprint density at radius 1 is 1.18 bits per heavy atom. The number of aryl methyl sites for hydroxylation is 1. The molecule has 170 valence electrons. The van der Waals surface area contributed by atoms with Gasteiger partial charge in [0, 0.05) is 35.5 Å². The second kappa shape index (κ2) is 12.6. The van der Waals surface area contributed by atoms with Crippen molar-refractivity contribution >= 4 is 35.0 Å². The second-order valence-electron chi connectivity index (χ2n) is 7.40. The normalized spacial score (nSPS) is 11.2. The standard InChI is InChI=1S/C13H18N4.C13H12N2O/c1-3-9(2)6-13(16)17-11-4-5-12(15)10(7-11)8-14;1-10-4-2-6-12(8-10)15-13(16)11-5-3-7-14-9-11/h4-8,14H,3,15H2,1-2H3,(H2,16,17);2-9H,1H3,(H,15,16)/b9-6-,14-8?;. The quantitative estimate of drug-likeness (QED) is 0.236. The monoisotopic (exact) mass is 442 g/mol. The number of aromatic nitrogens is 1. The van der Waals surface area contributed by atoms with E-state index >= 15 is 0 Å². The minimum Gasteiger partial charge on any atom is -0.398 e. The number of nitrogens with one attached hydrogen (secondary N) is 2. The van der Waals surface area contributed by atoms with Crippen LogP contribution in [0, 0.1) is 12.3 Å². The van der Waals surface area contributed by atoms with E-state index in [9.17, 15) is 4.79 Å². The maximum Gasteiger partial charge on any atom is 0.257 e. The molecule has 0 spiro atoms. The maximum absolute atomic E-state index is 11.8. The molecule has 1 amide bonds. The summed E-state index contributed by atoms with van der Waals surface area (Å²) in [5.41, 5.74) is 17.1. The van der Waals surface area contributed by atoms with Gasteiger partial charge in [0.1, 0.15) is 5.84 Å². The van der Waals surface area contributed by atoms with Gasteiger partial charge >= 0.3 is 0 Å². The van der Waals surface area contributed by atoms with E-state index in [0.717, 1.165) is 17.7 Å². The molecule has 3 aromatic rings. The molecule has 0 aliphatic rings. The zero-order chi connectivity index (χ0) is 24.2. The number of pyridine rings is 1. The molecule has 3 rings (SSSR count). The molecular formula is C26H30N6O. The van der Waals surface area contributed by atoms with E-state index in [0.29, 0.717) is 28.3 Å². The van der Waals surface area contributed by atoms with Crippen LogP contribution in [-0.2, 0) is 0 Å². The molecule has 0 unspecified atom stereocenters. The number of rotatable bonds is 6. The Labute approximate surface area is 194 Å². The number of carbonyl (C=O) groups is 1. The highest BCUT2D eigenvalue weighted by Crippen LogP contribution is 2.19. The first-order valence-corrected chi connectivity index (χ1v) is 10.5. The van der Waals surface area contributed by atoms with Crippen LogP contribution < -0.4 is 16.8 Å². The van der Waals surface area contributed by atoms with Crippen molar-refractivity contribution in [3.05, 3.63) is 95.3 Å². The lowest BCUT2D eigenvalue weighted by molar-refractivity contribution is 0.102. The van der Waals surface area contributed by atoms with Crippen LogP contribution in [0.15, 0.2) is 83.6 Å². The molecule has 7 nitrogen and oxygen atoms in total. The average Bonchev–Trinajstić information content (AvgIpc) is 2.81. The molecule has 0 atom stereocenters. The van der Waals surface area contributed by atoms with Crippen molar-refractivity contribution in [2.75, 3.05) is 11.1 Å². The fraction of sp³-hybridized carbons (Fsp3) is 0.154. The molecule has 0 aliphatic heterocycles. The summed E-state index contributed by atoms with van der Waals surface area (Å²) in [5.74, 6) is 0.323. The number of carbonyl (C=O) groups excluding carboxylic acids is 1. The van der Waals surface area contributed by atoms with Crippen molar-refractivity contribution in [1.29, 1.82) is 5.41 Å². The summed E-state index contributed by atoms with van der Waals surface area (Å²) in [7, 11) is 0. The van der Waals surface area contributed by atoms with Gasteiger partial charge in [-0.15, -0.1) is 0 Å². The number of amidine groups is 1. The second-order valence-corrected chi connectivity index (χ2v) is 7.40. The topological polar surface area (TPSA) is 130 Å². The van der Waals surface area contributed by atoms with Crippen molar-refractivity contribution in [3.8, 4) is 0 Å². The van der Waals surface area contributed by atoms with Gasteiger partial charge in [-0.25, -0.2) is 4.99 Å². The number of nitrogen functional groups attached to an aromatic ring is 1. The summed E-state index contributed by atoms with van der Waals surface area (Å²) in [6, 6.07) is 16.4. The first kappa shape index (κ1) is 25.0. The first-order chi connectivity index (χ1) is 15.8. The lowest BCUT2D eigenvalue weighted by Gasteiger charge is -2.05. The number of nitrogens with two attached hydrogens (primary N) is 2. The fourth-order valence-corrected chi connectivity index (χ4v) is 2.72. The highest BCUT2D eigenvalue weighted by Gasteiger charge is 2.05. The van der Waals surface area contributed by atoms with Crippen LogP contribution in [0.25, 0.3) is 0 Å². The number of hydrogen-bond donors (Lipinski definition) is 4. The third-order valence-corrected chi connectivity index (χ3v) is 4.64. The van der Waals surface area contributed by atoms with Crippen LogP contribution in [0.1, 0.15) is 41.8 Å². The van der Waals surface area contributed by atoms with E-state index in [1.807, 2.05) is 44.2 Å². The van der Waals surface area contributed by atoms with E-state index < -0.39 is 0 Å². The highest BCUT2D eigenvalue weighted by atomic mass is 16.1. The molecule has 7 heteroatoms. The van der Waals surface area contributed by atoms with Gasteiger partial charge in [-0.1, -0.05) is 24.6 Å². The van der Waals surface area contributed by atoms with Gasteiger partial charge in [0.25, 0.3) is 5.91 Å². The fourth-order valence-electron chi connectivity index (χ4n) is 2.72. The molecule has 2 aromatic carbocycles. The summed E-state index contributed by atoms with van der Waals surface area (Å²) in [4.78, 5) is 19.9. The molecule has 6 N–H and O–H groups in total. The van der Waals surface area contributed by atoms with Crippen molar-refractivity contribution < 1.29 is 4.79 Å². The number of benzene rings is 2. The number of aliphatic imine (C=N–C) groups is 1. The molecule has 0 saturated heterocycles. The lowest BCUT2D eigenvalue weighted by Crippen LogP contribution is -2.11. The Hall–Kier alpha value is -4.26. The Kier molecular flexibility index (Phi) is 9.52. The van der Waals surface area contributed by atoms with Crippen molar-refractivity contribution in [2.24, 2.45) is 10.7 Å². The van der Waals surface area contributed by atoms with Gasteiger partial charge in [0.2, 0.25) is 0 Å². The maximum atomic E-state index is 11.8. The van der Waals surface area contributed by atoms with Crippen molar-refractivity contribution in [1.82, 2.24) is 4.98 Å². The summed E-state index contributed by atoms with van der Waals surface area (Å²) in [6.45, 7) is 6.06. The Morgan fingerprint density at radius 2 is 1.97 bits per heavy atom. The van der Waals surface area contributed by atoms with Crippen LogP contribution in [0.3, 0.4) is 0 Å². The zero-order valence-electron chi connectivity index (χ0n) is 19.2. The summed E-state index contributed by atoms with van der Waals surface area (Å²) in [5, 5.41) is 10.0. The van der Waals surface area contributed by atoms with Gasteiger partial charge in [-0.3, -0.25) is 9.78 Å². The lowest BCUT2D eigenvalue weighted by atomic mass is 10.2. The smallest absolute Gasteiger partial charge is 0.257 e. The molecular weight excluding hydrogens is 412 g/mol. The Balaban J connectivity index is 0.000000234. The zero-order valence-corrected chi connectivity index (χ0v) is 19.2. The van der Waals surface area contributed by atoms with Crippen LogP contribution in [-0.4, -0.2) is 22.9 Å². The predicted octanol–water partition coefficient (Wildman–Crippen LogP) is 5.25. The highest BCUT2D eigenvalue weighted by molar-refractivity contribution is 6.04. The van der Waals surface area contributed by atoms with Gasteiger partial charge in [0.05, 0.1) is 11.3 Å². The number of hydrogen-bond acceptors (Lipinski definition) is 5. The van der Waals surface area contributed by atoms with Gasteiger partial charge in [-0.2, -0.15) is 0 Å². The third kappa shape index (κ3) is 8.41. The van der Waals surface area contributed by atoms with Crippen LogP contribution >= 0.6 is 0 Å². The van der Waals surface area contributed by atoms with E-state index in [1.54, 1.807) is 42.7 Å². The number of anilines is 2. The Bertz CT molecular complexity index is 1150. The third-order valence-electron chi connectivity index (χ3n) is 4.64. The minimum absolute atomic E-state index is 0.140. The van der Waals surface area contributed by atoms with E-state index in [-0.39, 0.29) is 5.91 Å². The number of nitrogens with zero attached hydrogens (tertiary/aromatic N) is 2. The molecule has 1 aromatic heterocycles. The molecule has 0 fully saturated rings. The van der Waals surface area contributed by atoms with E-state index in [4.69, 9.17) is 16.9 Å².